The Hall–Kier alpha value is -3.49. The number of unbranched alkanes of at least 4 members (excludes halogenated alkanes) is 1. The van der Waals surface area contributed by atoms with E-state index in [1.807, 2.05) is 19.9 Å². The molecule has 3 rings (SSSR count). The van der Waals surface area contributed by atoms with Crippen LogP contribution in [0.15, 0.2) is 60.7 Å². The van der Waals surface area contributed by atoms with Crippen LogP contribution in [0, 0.1) is 5.92 Å². The van der Waals surface area contributed by atoms with Crippen LogP contribution in [-0.2, 0) is 32.0 Å². The lowest BCUT2D eigenvalue weighted by Gasteiger charge is -2.28. The first-order chi connectivity index (χ1) is 23.9. The van der Waals surface area contributed by atoms with E-state index in [-0.39, 0.29) is 57.1 Å². The lowest BCUT2D eigenvalue weighted by atomic mass is 9.72. The molecule has 14 heteroatoms. The van der Waals surface area contributed by atoms with Crippen LogP contribution in [-0.4, -0.2) is 89.5 Å². The van der Waals surface area contributed by atoms with Crippen LogP contribution < -0.4 is 27.4 Å². The van der Waals surface area contributed by atoms with Crippen molar-refractivity contribution in [3.63, 3.8) is 0 Å². The summed E-state index contributed by atoms with van der Waals surface area (Å²) < 4.78 is 25.6. The van der Waals surface area contributed by atoms with Gasteiger partial charge in [-0.25, -0.2) is 0 Å². The van der Waals surface area contributed by atoms with E-state index in [4.69, 9.17) is 9.97 Å². The first-order valence-corrected chi connectivity index (χ1v) is 16.4. The predicted octanol–water partition coefficient (Wildman–Crippen LogP) is 0.926. The van der Waals surface area contributed by atoms with Gasteiger partial charge in [-0.3, -0.25) is 19.2 Å². The third-order valence-electron chi connectivity index (χ3n) is 8.22. The quantitative estimate of drug-likeness (QED) is 0.0834. The van der Waals surface area contributed by atoms with Gasteiger partial charge in [-0.1, -0.05) is 74.5 Å². The van der Waals surface area contributed by atoms with Crippen molar-refractivity contribution in [2.45, 2.75) is 88.8 Å². The van der Waals surface area contributed by atoms with Crippen LogP contribution in [0.4, 0.5) is 0 Å². The molecule has 0 radical (unpaired) electrons. The van der Waals surface area contributed by atoms with Gasteiger partial charge in [0.25, 0.3) is 0 Å². The second-order valence-corrected chi connectivity index (χ2v) is 12.6. The van der Waals surface area contributed by atoms with E-state index in [1.165, 1.54) is 4.90 Å². The monoisotopic (exact) mass is 689 g/mol. The molecule has 2 aromatic rings. The number of nitrogens with one attached hydrogen (secondary N) is 3. The van der Waals surface area contributed by atoms with Crippen LogP contribution in [0.1, 0.15) is 57.1 Å². The molecule has 0 bridgehead atoms. The maximum absolute atomic E-state index is 14.2. The second-order valence-electron chi connectivity index (χ2n) is 12.6. The molecule has 0 spiro atoms. The number of rotatable bonds is 19. The fourth-order valence-electron chi connectivity index (χ4n) is 5.58. The van der Waals surface area contributed by atoms with Gasteiger partial charge in [-0.2, -0.15) is 0 Å². The standard InChI is InChI=1S/C34H51BN6O6.ClH/c1-23(2)19-29(32(43)38-28(15-9-10-17-36)34(45)41-18-16-26(22-41)35(46)47)40-33(44)30(21-25-13-7-4-8-14-25)39-31(42)27(37)20-24-11-5-3-6-12-24;/h3-8,11-14,23,26-30,46-47H,9-10,15-22,36-37H2,1-2H3,(H,38,43)(H,39,42)(H,40,44);1H/t26-,27+,28-,29-,30-;/m0./s1/i/hD3. The van der Waals surface area contributed by atoms with Gasteiger partial charge >= 0.3 is 7.12 Å². The van der Waals surface area contributed by atoms with Crippen molar-refractivity contribution in [1.29, 1.82) is 0 Å². The molecule has 4 amide bonds. The number of likely N-dealkylation sites (tertiary alicyclic amines) is 1. The third kappa shape index (κ3) is 13.2. The summed E-state index contributed by atoms with van der Waals surface area (Å²) in [5.41, 5.74) is 9.24. The summed E-state index contributed by atoms with van der Waals surface area (Å²) in [7, 11) is -1.57. The Morgan fingerprint density at radius 1 is 0.917 bits per heavy atom. The van der Waals surface area contributed by atoms with Gasteiger partial charge < -0.3 is 42.3 Å². The maximum Gasteiger partial charge on any atom is 0.456 e. The number of nitrogens with two attached hydrogens (primary N) is 2. The van der Waals surface area contributed by atoms with Gasteiger partial charge in [0, 0.05) is 25.3 Å². The summed E-state index contributed by atoms with van der Waals surface area (Å²) in [5.74, 6) is -3.62. The van der Waals surface area contributed by atoms with E-state index < -0.39 is 60.7 Å². The van der Waals surface area contributed by atoms with Crippen LogP contribution in [0.5, 0.6) is 0 Å². The topological polar surface area (TPSA) is 200 Å². The number of nitrogens with zero attached hydrogens (tertiary/aromatic N) is 1. The largest absolute Gasteiger partial charge is 0.456 e. The third-order valence-corrected chi connectivity index (χ3v) is 8.22. The Morgan fingerprint density at radius 3 is 2.06 bits per heavy atom. The van der Waals surface area contributed by atoms with E-state index >= 15 is 0 Å². The van der Waals surface area contributed by atoms with Crippen molar-refractivity contribution in [3.05, 3.63) is 71.8 Å². The first-order valence-electron chi connectivity index (χ1n) is 17.8. The Balaban J connectivity index is 0.00000901. The molecular weight excluding hydrogens is 635 g/mol. The highest BCUT2D eigenvalue weighted by molar-refractivity contribution is 6.43. The molecule has 1 fully saturated rings. The van der Waals surface area contributed by atoms with Crippen LogP contribution in [0.2, 0.25) is 10.1 Å². The van der Waals surface area contributed by atoms with Crippen LogP contribution >= 0.6 is 12.4 Å². The second kappa shape index (κ2) is 20.8. The summed E-state index contributed by atoms with van der Waals surface area (Å²) in [6, 6.07) is 12.6. The zero-order chi connectivity index (χ0) is 36.8. The molecule has 1 aliphatic rings. The van der Waals surface area contributed by atoms with E-state index in [2.05, 4.69) is 11.0 Å². The van der Waals surface area contributed by atoms with Crippen molar-refractivity contribution >= 4 is 43.2 Å². The summed E-state index contributed by atoms with van der Waals surface area (Å²) >= 11 is 0. The summed E-state index contributed by atoms with van der Waals surface area (Å²) in [4.78, 5) is 56.8. The van der Waals surface area contributed by atoms with Crippen molar-refractivity contribution < 1.29 is 33.5 Å². The number of benzene rings is 2. The van der Waals surface area contributed by atoms with E-state index in [9.17, 15) is 29.2 Å². The number of hydrogen-bond donors (Lipinski definition) is 7. The van der Waals surface area contributed by atoms with Crippen LogP contribution in [0.25, 0.3) is 0 Å². The fraction of sp³-hybridized carbons (Fsp3) is 0.529. The van der Waals surface area contributed by atoms with E-state index in [0.29, 0.717) is 42.0 Å². The summed E-state index contributed by atoms with van der Waals surface area (Å²) in [5, 5.41) is 23.0. The molecule has 264 valence electrons. The molecule has 0 aromatic heterocycles. The van der Waals surface area contributed by atoms with Gasteiger partial charge in [0.15, 0.2) is 2.82 Å². The Labute approximate surface area is 294 Å². The SMILES string of the molecule is Cl.[2H]N[C@H](Cc1ccccc1)C(=O)N([2H])[C@@H](Cc1ccccc1)C(=O)N([2H])[C@@H](CC(C)C)C(=O)N[C@@H](CCCCN)C(=O)N1CC[C@H](B(O)O)C1. The maximum atomic E-state index is 14.2. The molecule has 1 aliphatic heterocycles. The highest BCUT2D eigenvalue weighted by Gasteiger charge is 2.37. The highest BCUT2D eigenvalue weighted by atomic mass is 35.5. The molecule has 48 heavy (non-hydrogen) atoms. The van der Waals surface area contributed by atoms with Gasteiger partial charge in [-0.15, -0.1) is 12.4 Å². The highest BCUT2D eigenvalue weighted by Crippen LogP contribution is 2.24. The number of carbonyl (C=O) groups is 4. The summed E-state index contributed by atoms with van der Waals surface area (Å²) in [6.07, 6.45) is 1.79. The van der Waals surface area contributed by atoms with Gasteiger partial charge in [0.2, 0.25) is 23.6 Å². The molecule has 5 atom stereocenters. The Morgan fingerprint density at radius 2 is 1.52 bits per heavy atom. The smallest absolute Gasteiger partial charge is 0.427 e. The lowest BCUT2D eigenvalue weighted by molar-refractivity contribution is -0.137. The Bertz CT molecular complexity index is 1390. The summed E-state index contributed by atoms with van der Waals surface area (Å²) in [6.45, 7) is 4.43. The minimum atomic E-state index is -1.57. The average molecular weight is 690 g/mol. The number of carbonyl (C=O) groups excluding carboxylic acids is 4. The zero-order valence-electron chi connectivity index (χ0n) is 30.7. The first kappa shape index (κ1) is 35.8. The molecule has 1 saturated heterocycles. The lowest BCUT2D eigenvalue weighted by Crippen LogP contribution is -2.58. The number of amides is 4. The molecule has 9 N–H and O–H groups in total. The van der Waals surface area contributed by atoms with Crippen molar-refractivity contribution in [1.82, 2.24) is 20.8 Å². The van der Waals surface area contributed by atoms with Gasteiger partial charge in [-0.05, 0) is 62.1 Å². The minimum absolute atomic E-state index is 0. The zero-order valence-corrected chi connectivity index (χ0v) is 28.6. The predicted molar refractivity (Wildman–Crippen MR) is 189 cm³/mol. The molecule has 1 heterocycles. The fourth-order valence-corrected chi connectivity index (χ4v) is 5.58. The molecule has 2 aromatic carbocycles. The van der Waals surface area contributed by atoms with Crippen molar-refractivity contribution in [2.75, 3.05) is 19.6 Å². The Kier molecular flexibility index (Phi) is 15.5. The van der Waals surface area contributed by atoms with Gasteiger partial charge in [0.1, 0.15) is 19.5 Å². The average Bonchev–Trinajstić information content (AvgIpc) is 3.62. The van der Waals surface area contributed by atoms with E-state index in [0.717, 1.165) is 5.56 Å². The molecule has 0 saturated carbocycles. The van der Waals surface area contributed by atoms with Crippen LogP contribution in [0.3, 0.4) is 0 Å². The number of halogens is 1. The molecular formula is C34H52BClN6O6. The minimum Gasteiger partial charge on any atom is -0.427 e. The normalized spacial score (nSPS) is 17.5. The molecule has 0 unspecified atom stereocenters. The van der Waals surface area contributed by atoms with Crippen molar-refractivity contribution in [2.24, 2.45) is 17.4 Å². The molecule has 0 aliphatic carbocycles. The number of hydrogen-bond acceptors (Lipinski definition) is 8. The molecule has 12 nitrogen and oxygen atoms in total. The van der Waals surface area contributed by atoms with E-state index in [1.54, 1.807) is 54.6 Å². The van der Waals surface area contributed by atoms with Crippen molar-refractivity contribution in [3.8, 4) is 0 Å². The van der Waals surface area contributed by atoms with Gasteiger partial charge in [0.05, 0.1) is 6.04 Å².